The van der Waals surface area contributed by atoms with E-state index < -0.39 is 5.25 Å². The van der Waals surface area contributed by atoms with Crippen molar-refractivity contribution in [3.8, 4) is 22.1 Å². The highest BCUT2D eigenvalue weighted by Gasteiger charge is 2.26. The Morgan fingerprint density at radius 2 is 2.00 bits per heavy atom. The first-order valence-electron chi connectivity index (χ1n) is 9.57. The SMILES string of the molecule is COc1ccccc1-n1c(-c2cccs2)nnc1C(S)c1nc2ccc(Cl)cc2c(=O)[nH]1. The number of aromatic amines is 1. The molecule has 0 aliphatic rings. The van der Waals surface area contributed by atoms with Crippen molar-refractivity contribution in [2.45, 2.75) is 5.25 Å². The van der Waals surface area contributed by atoms with Gasteiger partial charge in [-0.25, -0.2) is 4.98 Å². The quantitative estimate of drug-likeness (QED) is 0.348. The average molecular weight is 482 g/mol. The lowest BCUT2D eigenvalue weighted by Crippen LogP contribution is -2.16. The summed E-state index contributed by atoms with van der Waals surface area (Å²) in [5, 5.41) is 11.1. The van der Waals surface area contributed by atoms with Crippen LogP contribution < -0.4 is 10.3 Å². The van der Waals surface area contributed by atoms with Crippen LogP contribution in [0.5, 0.6) is 5.75 Å². The van der Waals surface area contributed by atoms with Crippen LogP contribution in [0, 0.1) is 0 Å². The fraction of sp³-hybridized carbons (Fsp3) is 0.0909. The summed E-state index contributed by atoms with van der Waals surface area (Å²) in [7, 11) is 1.61. The molecule has 1 atom stereocenters. The van der Waals surface area contributed by atoms with E-state index in [1.54, 1.807) is 36.6 Å². The molecule has 10 heteroatoms. The van der Waals surface area contributed by atoms with E-state index in [-0.39, 0.29) is 5.56 Å². The predicted molar refractivity (Wildman–Crippen MR) is 129 cm³/mol. The monoisotopic (exact) mass is 481 g/mol. The Hall–Kier alpha value is -3.14. The topological polar surface area (TPSA) is 85.7 Å². The number of rotatable bonds is 5. The van der Waals surface area contributed by atoms with Crippen molar-refractivity contribution in [3.63, 3.8) is 0 Å². The smallest absolute Gasteiger partial charge is 0.258 e. The lowest BCUT2D eigenvalue weighted by Gasteiger charge is -2.16. The normalized spacial score (nSPS) is 12.2. The van der Waals surface area contributed by atoms with Gasteiger partial charge in [-0.15, -0.1) is 21.5 Å². The molecule has 5 aromatic rings. The molecule has 0 bridgehead atoms. The standard InChI is InChI=1S/C22H16ClN5O2S2/c1-30-16-6-3-2-5-15(16)28-20(17-7-4-10-32-17)26-27-21(28)18(31)19-24-14-9-8-12(23)11-13(14)22(29)25-19/h2-11,18,31H,1H3,(H,24,25,29). The van der Waals surface area contributed by atoms with E-state index in [9.17, 15) is 4.79 Å². The summed E-state index contributed by atoms with van der Waals surface area (Å²) in [5.74, 6) is 2.15. The number of methoxy groups -OCH3 is 1. The summed E-state index contributed by atoms with van der Waals surface area (Å²) in [4.78, 5) is 21.0. The molecule has 1 N–H and O–H groups in total. The second kappa shape index (κ2) is 8.42. The fourth-order valence-corrected chi connectivity index (χ4v) is 4.63. The molecular weight excluding hydrogens is 466 g/mol. The molecule has 0 fully saturated rings. The number of aromatic nitrogens is 5. The highest BCUT2D eigenvalue weighted by atomic mass is 35.5. The van der Waals surface area contributed by atoms with Gasteiger partial charge in [0.1, 0.15) is 16.8 Å². The Balaban J connectivity index is 1.71. The van der Waals surface area contributed by atoms with Gasteiger partial charge in [0.2, 0.25) is 0 Å². The van der Waals surface area contributed by atoms with Gasteiger partial charge in [0.25, 0.3) is 5.56 Å². The predicted octanol–water partition coefficient (Wildman–Crippen LogP) is 4.91. The van der Waals surface area contributed by atoms with Gasteiger partial charge in [0.05, 0.1) is 28.6 Å². The highest BCUT2D eigenvalue weighted by Crippen LogP contribution is 2.35. The minimum absolute atomic E-state index is 0.298. The molecule has 0 aliphatic heterocycles. The van der Waals surface area contributed by atoms with E-state index in [1.165, 1.54) is 0 Å². The third kappa shape index (κ3) is 3.58. The Morgan fingerprint density at radius 3 is 2.78 bits per heavy atom. The Labute approximate surface area is 197 Å². The van der Waals surface area contributed by atoms with Crippen molar-refractivity contribution in [1.82, 2.24) is 24.7 Å². The third-order valence-electron chi connectivity index (χ3n) is 4.95. The fourth-order valence-electron chi connectivity index (χ4n) is 3.47. The largest absolute Gasteiger partial charge is 0.495 e. The molecule has 0 aliphatic carbocycles. The number of nitrogens with one attached hydrogen (secondary N) is 1. The molecule has 0 saturated heterocycles. The van der Waals surface area contributed by atoms with Gasteiger partial charge in [0, 0.05) is 5.02 Å². The number of thiol groups is 1. The van der Waals surface area contributed by atoms with E-state index in [2.05, 4.69) is 20.2 Å². The zero-order chi connectivity index (χ0) is 22.2. The number of fused-ring (bicyclic) bond motifs is 1. The molecular formula is C22H16ClN5O2S2. The lowest BCUT2D eigenvalue weighted by molar-refractivity contribution is 0.412. The van der Waals surface area contributed by atoms with Crippen molar-refractivity contribution in [1.29, 1.82) is 0 Å². The molecule has 0 saturated carbocycles. The average Bonchev–Trinajstić information content (AvgIpc) is 3.48. The molecule has 5 rings (SSSR count). The van der Waals surface area contributed by atoms with Crippen LogP contribution >= 0.6 is 35.6 Å². The maximum absolute atomic E-state index is 12.7. The van der Waals surface area contributed by atoms with E-state index in [0.717, 1.165) is 10.6 Å². The Kier molecular flexibility index (Phi) is 5.46. The van der Waals surface area contributed by atoms with Crippen LogP contribution in [-0.4, -0.2) is 31.8 Å². The van der Waals surface area contributed by atoms with Crippen molar-refractivity contribution in [2.75, 3.05) is 7.11 Å². The summed E-state index contributed by atoms with van der Waals surface area (Å²) < 4.78 is 7.47. The summed E-state index contributed by atoms with van der Waals surface area (Å²) in [5.41, 5.74) is 0.981. The van der Waals surface area contributed by atoms with Crippen LogP contribution in [0.1, 0.15) is 16.9 Å². The number of H-pyrrole nitrogens is 1. The van der Waals surface area contributed by atoms with Gasteiger partial charge < -0.3 is 9.72 Å². The number of hydrogen-bond acceptors (Lipinski definition) is 7. The van der Waals surface area contributed by atoms with Crippen molar-refractivity contribution >= 4 is 46.5 Å². The third-order valence-corrected chi connectivity index (χ3v) is 6.52. The Bertz CT molecular complexity index is 1480. The molecule has 3 heterocycles. The lowest BCUT2D eigenvalue weighted by atomic mass is 10.2. The first-order valence-corrected chi connectivity index (χ1v) is 11.3. The molecule has 160 valence electrons. The van der Waals surface area contributed by atoms with Gasteiger partial charge in [-0.1, -0.05) is 29.8 Å². The number of halogens is 1. The van der Waals surface area contributed by atoms with E-state index in [4.69, 9.17) is 29.0 Å². The minimum Gasteiger partial charge on any atom is -0.495 e. The van der Waals surface area contributed by atoms with Crippen LogP contribution in [0.4, 0.5) is 0 Å². The second-order valence-corrected chi connectivity index (χ2v) is 8.78. The number of thiophene rings is 1. The summed E-state index contributed by atoms with van der Waals surface area (Å²) >= 11 is 12.4. The van der Waals surface area contributed by atoms with E-state index in [0.29, 0.717) is 39.1 Å². The summed E-state index contributed by atoms with van der Waals surface area (Å²) in [6, 6.07) is 16.5. The maximum atomic E-state index is 12.7. The molecule has 0 radical (unpaired) electrons. The van der Waals surface area contributed by atoms with E-state index in [1.807, 2.05) is 46.3 Å². The van der Waals surface area contributed by atoms with Crippen LogP contribution in [0.25, 0.3) is 27.3 Å². The molecule has 7 nitrogen and oxygen atoms in total. The second-order valence-electron chi connectivity index (χ2n) is 6.88. The minimum atomic E-state index is -0.658. The number of nitrogens with zero attached hydrogens (tertiary/aromatic N) is 4. The van der Waals surface area contributed by atoms with Gasteiger partial charge in [-0.05, 0) is 41.8 Å². The first-order chi connectivity index (χ1) is 15.6. The first kappa shape index (κ1) is 20.7. The van der Waals surface area contributed by atoms with E-state index >= 15 is 0 Å². The van der Waals surface area contributed by atoms with Gasteiger partial charge in [-0.3, -0.25) is 9.36 Å². The van der Waals surface area contributed by atoms with Crippen LogP contribution in [0.3, 0.4) is 0 Å². The highest BCUT2D eigenvalue weighted by molar-refractivity contribution is 7.80. The number of ether oxygens (including phenoxy) is 1. The number of para-hydroxylation sites is 2. The van der Waals surface area contributed by atoms with Crippen molar-refractivity contribution in [3.05, 3.63) is 87.0 Å². The van der Waals surface area contributed by atoms with Crippen LogP contribution in [0.2, 0.25) is 5.02 Å². The maximum Gasteiger partial charge on any atom is 0.258 e. The van der Waals surface area contributed by atoms with Crippen molar-refractivity contribution in [2.24, 2.45) is 0 Å². The zero-order valence-corrected chi connectivity index (χ0v) is 19.2. The van der Waals surface area contributed by atoms with Gasteiger partial charge in [0.15, 0.2) is 11.6 Å². The van der Waals surface area contributed by atoms with Crippen LogP contribution in [0.15, 0.2) is 64.8 Å². The molecule has 1 unspecified atom stereocenters. The zero-order valence-electron chi connectivity index (χ0n) is 16.7. The molecule has 0 spiro atoms. The van der Waals surface area contributed by atoms with Crippen LogP contribution in [-0.2, 0) is 0 Å². The van der Waals surface area contributed by atoms with Gasteiger partial charge >= 0.3 is 0 Å². The molecule has 2 aromatic carbocycles. The molecule has 0 amide bonds. The van der Waals surface area contributed by atoms with Gasteiger partial charge in [-0.2, -0.15) is 12.6 Å². The number of benzene rings is 2. The molecule has 3 aromatic heterocycles. The summed E-state index contributed by atoms with van der Waals surface area (Å²) in [6.45, 7) is 0. The Morgan fingerprint density at radius 1 is 1.16 bits per heavy atom. The number of hydrogen-bond donors (Lipinski definition) is 2. The summed E-state index contributed by atoms with van der Waals surface area (Å²) in [6.07, 6.45) is 0. The molecule has 32 heavy (non-hydrogen) atoms. The van der Waals surface area contributed by atoms with Crippen molar-refractivity contribution < 1.29 is 4.74 Å².